The van der Waals surface area contributed by atoms with Crippen molar-refractivity contribution in [3.05, 3.63) is 69.5 Å². The van der Waals surface area contributed by atoms with Gasteiger partial charge in [-0.3, -0.25) is 9.59 Å². The second kappa shape index (κ2) is 12.3. The molecule has 0 heterocycles. The number of nitrogens with one attached hydrogen (secondary N) is 2. The Morgan fingerprint density at radius 1 is 1.16 bits per heavy atom. The Morgan fingerprint density at radius 3 is 2.52 bits per heavy atom. The SMILES string of the molecule is CSCCC(NC(=O)c1ccc(Cl)cc1Cl)C(=O)NCC(c1cccc(F)c1)N(C)C. The molecule has 2 N–H and O–H groups in total. The molecule has 0 saturated carbocycles. The monoisotopic (exact) mass is 485 g/mol. The maximum absolute atomic E-state index is 13.6. The molecule has 2 unspecified atom stereocenters. The third-order valence-corrected chi connectivity index (χ3v) is 5.93. The number of benzene rings is 2. The third-order valence-electron chi connectivity index (χ3n) is 4.73. The second-order valence-corrected chi connectivity index (χ2v) is 9.04. The lowest BCUT2D eigenvalue weighted by Crippen LogP contribution is -2.48. The van der Waals surface area contributed by atoms with E-state index >= 15 is 0 Å². The van der Waals surface area contributed by atoms with Crippen LogP contribution in [0.5, 0.6) is 0 Å². The Labute approximate surface area is 196 Å². The number of halogens is 3. The van der Waals surface area contributed by atoms with Gasteiger partial charge in [0, 0.05) is 11.6 Å². The highest BCUT2D eigenvalue weighted by molar-refractivity contribution is 7.98. The quantitative estimate of drug-likeness (QED) is 0.523. The maximum atomic E-state index is 13.6. The van der Waals surface area contributed by atoms with E-state index in [1.807, 2.05) is 31.3 Å². The molecule has 2 amide bonds. The van der Waals surface area contributed by atoms with Crippen LogP contribution in [0.15, 0.2) is 42.5 Å². The first-order chi connectivity index (χ1) is 14.7. The van der Waals surface area contributed by atoms with Gasteiger partial charge in [0.15, 0.2) is 0 Å². The van der Waals surface area contributed by atoms with Crippen LogP contribution in [0.25, 0.3) is 0 Å². The maximum Gasteiger partial charge on any atom is 0.253 e. The van der Waals surface area contributed by atoms with Crippen LogP contribution < -0.4 is 10.6 Å². The van der Waals surface area contributed by atoms with Crippen molar-refractivity contribution in [1.82, 2.24) is 15.5 Å². The van der Waals surface area contributed by atoms with E-state index in [1.165, 1.54) is 24.3 Å². The highest BCUT2D eigenvalue weighted by Crippen LogP contribution is 2.21. The Bertz CT molecular complexity index is 914. The number of likely N-dealkylation sites (N-methyl/N-ethyl adjacent to an activating group) is 1. The minimum absolute atomic E-state index is 0.216. The van der Waals surface area contributed by atoms with Gasteiger partial charge in [-0.05, 0) is 68.4 Å². The van der Waals surface area contributed by atoms with E-state index < -0.39 is 11.9 Å². The van der Waals surface area contributed by atoms with Crippen LogP contribution in [-0.2, 0) is 4.79 Å². The second-order valence-electron chi connectivity index (χ2n) is 7.21. The zero-order valence-electron chi connectivity index (χ0n) is 17.6. The van der Waals surface area contributed by atoms with Gasteiger partial charge in [-0.2, -0.15) is 11.8 Å². The van der Waals surface area contributed by atoms with Crippen molar-refractivity contribution in [2.24, 2.45) is 0 Å². The predicted molar refractivity (Wildman–Crippen MR) is 127 cm³/mol. The number of thioether (sulfide) groups is 1. The smallest absolute Gasteiger partial charge is 0.253 e. The van der Waals surface area contributed by atoms with Crippen molar-refractivity contribution in [1.29, 1.82) is 0 Å². The largest absolute Gasteiger partial charge is 0.352 e. The highest BCUT2D eigenvalue weighted by atomic mass is 35.5. The van der Waals surface area contributed by atoms with Crippen molar-refractivity contribution in [2.45, 2.75) is 18.5 Å². The lowest BCUT2D eigenvalue weighted by Gasteiger charge is -2.26. The molecule has 0 aliphatic carbocycles. The molecular formula is C22H26Cl2FN3O2S. The van der Waals surface area contributed by atoms with Gasteiger partial charge in [0.25, 0.3) is 5.91 Å². The predicted octanol–water partition coefficient (Wildman–Crippen LogP) is 4.40. The molecule has 2 aromatic rings. The molecule has 0 fully saturated rings. The number of carbonyl (C=O) groups excluding carboxylic acids is 2. The first kappa shape index (κ1) is 25.5. The van der Waals surface area contributed by atoms with Crippen LogP contribution in [-0.4, -0.2) is 55.4 Å². The van der Waals surface area contributed by atoms with E-state index in [0.29, 0.717) is 17.2 Å². The average Bonchev–Trinajstić information content (AvgIpc) is 2.70. The molecular weight excluding hydrogens is 460 g/mol. The molecule has 0 aliphatic heterocycles. The minimum atomic E-state index is -0.734. The summed E-state index contributed by atoms with van der Waals surface area (Å²) in [4.78, 5) is 27.5. The highest BCUT2D eigenvalue weighted by Gasteiger charge is 2.24. The number of hydrogen-bond acceptors (Lipinski definition) is 4. The van der Waals surface area contributed by atoms with Gasteiger partial charge < -0.3 is 15.5 Å². The van der Waals surface area contributed by atoms with Gasteiger partial charge in [-0.15, -0.1) is 0 Å². The molecule has 0 bridgehead atoms. The van der Waals surface area contributed by atoms with Crippen LogP contribution >= 0.6 is 35.0 Å². The summed E-state index contributed by atoms with van der Waals surface area (Å²) < 4.78 is 13.6. The van der Waals surface area contributed by atoms with E-state index in [2.05, 4.69) is 10.6 Å². The van der Waals surface area contributed by atoms with E-state index in [9.17, 15) is 14.0 Å². The fourth-order valence-corrected chi connectivity index (χ4v) is 4.01. The molecule has 0 spiro atoms. The van der Waals surface area contributed by atoms with Gasteiger partial charge in [-0.1, -0.05) is 35.3 Å². The van der Waals surface area contributed by atoms with Crippen molar-refractivity contribution < 1.29 is 14.0 Å². The standard InChI is InChI=1S/C22H26Cl2FN3O2S/c1-28(2)20(14-5-4-6-16(25)11-14)13-26-22(30)19(9-10-31-3)27-21(29)17-8-7-15(23)12-18(17)24/h4-8,11-12,19-20H,9-10,13H2,1-3H3,(H,26,30)(H,27,29). The molecule has 0 saturated heterocycles. The summed E-state index contributed by atoms with van der Waals surface area (Å²) in [5, 5.41) is 6.29. The molecule has 0 aliphatic rings. The van der Waals surface area contributed by atoms with Crippen LogP contribution in [0.2, 0.25) is 10.0 Å². The minimum Gasteiger partial charge on any atom is -0.352 e. The number of rotatable bonds is 10. The normalized spacial score (nSPS) is 13.0. The molecule has 168 valence electrons. The van der Waals surface area contributed by atoms with E-state index in [-0.39, 0.29) is 34.9 Å². The van der Waals surface area contributed by atoms with Gasteiger partial charge in [0.05, 0.1) is 16.6 Å². The fourth-order valence-electron chi connectivity index (χ4n) is 3.05. The average molecular weight is 486 g/mol. The van der Waals surface area contributed by atoms with Gasteiger partial charge in [-0.25, -0.2) is 4.39 Å². The molecule has 2 atom stereocenters. The van der Waals surface area contributed by atoms with Crippen molar-refractivity contribution in [2.75, 3.05) is 32.6 Å². The first-order valence-electron chi connectivity index (χ1n) is 9.67. The van der Waals surface area contributed by atoms with Crippen LogP contribution in [0.3, 0.4) is 0 Å². The third kappa shape index (κ3) is 7.68. The first-order valence-corrected chi connectivity index (χ1v) is 11.8. The zero-order valence-corrected chi connectivity index (χ0v) is 20.0. The molecule has 0 aromatic heterocycles. The molecule has 5 nitrogen and oxygen atoms in total. The van der Waals surface area contributed by atoms with Crippen LogP contribution in [0.4, 0.5) is 4.39 Å². The summed E-state index contributed by atoms with van der Waals surface area (Å²) in [6.45, 7) is 0.266. The van der Waals surface area contributed by atoms with Gasteiger partial charge in [0.1, 0.15) is 11.9 Å². The molecule has 2 aromatic carbocycles. The fraction of sp³-hybridized carbons (Fsp3) is 0.364. The Balaban J connectivity index is 2.10. The summed E-state index contributed by atoms with van der Waals surface area (Å²) >= 11 is 13.6. The molecule has 0 radical (unpaired) electrons. The topological polar surface area (TPSA) is 61.4 Å². The molecule has 9 heteroatoms. The lowest BCUT2D eigenvalue weighted by atomic mass is 10.1. The van der Waals surface area contributed by atoms with Crippen LogP contribution in [0, 0.1) is 5.82 Å². The van der Waals surface area contributed by atoms with Crippen molar-refractivity contribution >= 4 is 46.8 Å². The Hall–Kier alpha value is -1.80. The van der Waals surface area contributed by atoms with Gasteiger partial charge >= 0.3 is 0 Å². The van der Waals surface area contributed by atoms with Crippen molar-refractivity contribution in [3.63, 3.8) is 0 Å². The lowest BCUT2D eigenvalue weighted by molar-refractivity contribution is -0.123. The number of amides is 2. The Morgan fingerprint density at radius 2 is 1.90 bits per heavy atom. The number of hydrogen-bond donors (Lipinski definition) is 2. The molecule has 31 heavy (non-hydrogen) atoms. The van der Waals surface area contributed by atoms with E-state index in [4.69, 9.17) is 23.2 Å². The zero-order chi connectivity index (χ0) is 23.0. The Kier molecular flexibility index (Phi) is 10.1. The van der Waals surface area contributed by atoms with E-state index in [0.717, 1.165) is 5.56 Å². The summed E-state index contributed by atoms with van der Waals surface area (Å²) in [6, 6.07) is 9.90. The summed E-state index contributed by atoms with van der Waals surface area (Å²) in [5.74, 6) is -0.401. The van der Waals surface area contributed by atoms with Crippen molar-refractivity contribution in [3.8, 4) is 0 Å². The number of carbonyl (C=O) groups is 2. The van der Waals surface area contributed by atoms with Crippen LogP contribution in [0.1, 0.15) is 28.4 Å². The summed E-state index contributed by atoms with van der Waals surface area (Å²) in [7, 11) is 3.72. The summed E-state index contributed by atoms with van der Waals surface area (Å²) in [6.07, 6.45) is 2.38. The molecule has 2 rings (SSSR count). The summed E-state index contributed by atoms with van der Waals surface area (Å²) in [5.41, 5.74) is 1.00. The number of nitrogens with zero attached hydrogens (tertiary/aromatic N) is 1. The van der Waals surface area contributed by atoms with Gasteiger partial charge in [0.2, 0.25) is 5.91 Å². The van der Waals surface area contributed by atoms with E-state index in [1.54, 1.807) is 23.9 Å².